The molecule has 0 saturated carbocycles. The fourth-order valence-corrected chi connectivity index (χ4v) is 2.16. The smallest absolute Gasteiger partial charge is 0.327 e. The monoisotopic (exact) mass is 293 g/mol. The zero-order chi connectivity index (χ0) is 14.5. The molecule has 0 unspecified atom stereocenters. The van der Waals surface area contributed by atoms with E-state index < -0.39 is 11.8 Å². The van der Waals surface area contributed by atoms with Crippen LogP contribution in [0.25, 0.3) is 0 Å². The predicted molar refractivity (Wildman–Crippen MR) is 65.1 cm³/mol. The number of carbonyl (C=O) groups excluding carboxylic acids is 1. The number of hydrogen-bond donors (Lipinski definition) is 0. The number of hydrogen-bond acceptors (Lipinski definition) is 7. The summed E-state index contributed by atoms with van der Waals surface area (Å²) in [5.74, 6) is -1.00. The van der Waals surface area contributed by atoms with Crippen LogP contribution in [-0.4, -0.2) is 33.3 Å². The Morgan fingerprint density at radius 1 is 1.60 bits per heavy atom. The highest BCUT2D eigenvalue weighted by Gasteiger charge is 2.14. The van der Waals surface area contributed by atoms with E-state index in [1.807, 2.05) is 6.07 Å². The van der Waals surface area contributed by atoms with E-state index in [1.165, 1.54) is 23.9 Å². The Bertz CT molecular complexity index is 682. The molecule has 1 aromatic carbocycles. The Morgan fingerprint density at radius 2 is 2.40 bits per heavy atom. The summed E-state index contributed by atoms with van der Waals surface area (Å²) in [6.45, 7) is -0.144. The Hall–Kier alpha value is -2.47. The van der Waals surface area contributed by atoms with E-state index in [4.69, 9.17) is 5.26 Å². The van der Waals surface area contributed by atoms with Gasteiger partial charge in [0, 0.05) is 4.90 Å². The number of carbonyl (C=O) groups is 1. The van der Waals surface area contributed by atoms with Gasteiger partial charge in [0.2, 0.25) is 5.16 Å². The van der Waals surface area contributed by atoms with Crippen LogP contribution in [0.3, 0.4) is 0 Å². The second-order valence-electron chi connectivity index (χ2n) is 3.55. The molecular formula is C11H8FN5O2S. The molecule has 0 aliphatic rings. The summed E-state index contributed by atoms with van der Waals surface area (Å²) < 4.78 is 18.8. The summed E-state index contributed by atoms with van der Waals surface area (Å²) in [7, 11) is 1.26. The van der Waals surface area contributed by atoms with Crippen LogP contribution in [0.5, 0.6) is 0 Å². The predicted octanol–water partition coefficient (Wildman–Crippen LogP) is 1.01. The van der Waals surface area contributed by atoms with E-state index in [2.05, 4.69) is 20.3 Å². The van der Waals surface area contributed by atoms with Crippen molar-refractivity contribution < 1.29 is 13.9 Å². The van der Waals surface area contributed by atoms with Gasteiger partial charge < -0.3 is 4.74 Å². The highest BCUT2D eigenvalue weighted by atomic mass is 32.2. The van der Waals surface area contributed by atoms with Gasteiger partial charge >= 0.3 is 5.97 Å². The molecule has 0 bridgehead atoms. The van der Waals surface area contributed by atoms with E-state index in [-0.39, 0.29) is 12.1 Å². The first-order valence-corrected chi connectivity index (χ1v) is 6.16. The quantitative estimate of drug-likeness (QED) is 0.776. The highest BCUT2D eigenvalue weighted by Crippen LogP contribution is 2.28. The first-order valence-electron chi connectivity index (χ1n) is 5.34. The normalized spacial score (nSPS) is 10.1. The molecule has 0 saturated heterocycles. The molecule has 7 nitrogen and oxygen atoms in total. The largest absolute Gasteiger partial charge is 0.468 e. The number of halogens is 1. The first kappa shape index (κ1) is 14.0. The molecule has 0 radical (unpaired) electrons. The van der Waals surface area contributed by atoms with Gasteiger partial charge in [0.15, 0.2) is 0 Å². The molecule has 1 aromatic heterocycles. The number of ether oxygens (including phenoxy) is 1. The van der Waals surface area contributed by atoms with Crippen molar-refractivity contribution in [2.45, 2.75) is 16.6 Å². The van der Waals surface area contributed by atoms with Crippen LogP contribution in [0.15, 0.2) is 28.3 Å². The molecule has 2 aromatic rings. The lowest BCUT2D eigenvalue weighted by atomic mass is 10.2. The van der Waals surface area contributed by atoms with Crippen LogP contribution < -0.4 is 0 Å². The standard InChI is InChI=1S/C11H8FN5O2S/c1-19-10(18)6-17-11(14-15-16-17)20-9-3-2-8(12)4-7(9)5-13/h2-4H,6H2,1H3. The van der Waals surface area contributed by atoms with Crippen molar-refractivity contribution in [3.8, 4) is 6.07 Å². The van der Waals surface area contributed by atoms with Crippen LogP contribution in [0, 0.1) is 17.1 Å². The summed E-state index contributed by atoms with van der Waals surface area (Å²) in [4.78, 5) is 11.7. The summed E-state index contributed by atoms with van der Waals surface area (Å²) in [5, 5.41) is 20.1. The van der Waals surface area contributed by atoms with Gasteiger partial charge in [0.25, 0.3) is 0 Å². The Labute approximate surface area is 117 Å². The number of rotatable bonds is 4. The van der Waals surface area contributed by atoms with Crippen LogP contribution in [0.1, 0.15) is 5.56 Å². The van der Waals surface area contributed by atoms with E-state index in [0.717, 1.165) is 17.8 Å². The lowest BCUT2D eigenvalue weighted by molar-refractivity contribution is -0.141. The third-order valence-electron chi connectivity index (χ3n) is 2.27. The zero-order valence-corrected chi connectivity index (χ0v) is 11.1. The lowest BCUT2D eigenvalue weighted by Gasteiger charge is -2.04. The molecular weight excluding hydrogens is 285 g/mol. The van der Waals surface area contributed by atoms with E-state index in [0.29, 0.717) is 10.1 Å². The maximum absolute atomic E-state index is 13.0. The molecule has 1 heterocycles. The minimum atomic E-state index is -0.501. The fourth-order valence-electron chi connectivity index (χ4n) is 1.33. The van der Waals surface area contributed by atoms with Crippen molar-refractivity contribution in [1.29, 1.82) is 5.26 Å². The topological polar surface area (TPSA) is 93.7 Å². The molecule has 0 aliphatic carbocycles. The number of aromatic nitrogens is 4. The van der Waals surface area contributed by atoms with E-state index in [1.54, 1.807) is 0 Å². The fraction of sp³-hybridized carbons (Fsp3) is 0.182. The van der Waals surface area contributed by atoms with Crippen LogP contribution in [-0.2, 0) is 16.1 Å². The van der Waals surface area contributed by atoms with Crippen LogP contribution in [0.4, 0.5) is 4.39 Å². The number of methoxy groups -OCH3 is 1. The molecule has 0 amide bonds. The number of esters is 1. The van der Waals surface area contributed by atoms with Gasteiger partial charge in [-0.25, -0.2) is 9.07 Å². The molecule has 0 spiro atoms. The van der Waals surface area contributed by atoms with Gasteiger partial charge in [-0.05, 0) is 40.4 Å². The van der Waals surface area contributed by atoms with Gasteiger partial charge in [-0.2, -0.15) is 5.26 Å². The van der Waals surface area contributed by atoms with Crippen molar-refractivity contribution in [2.75, 3.05) is 7.11 Å². The second kappa shape index (κ2) is 6.12. The van der Waals surface area contributed by atoms with Crippen molar-refractivity contribution >= 4 is 17.7 Å². The number of tetrazole rings is 1. The SMILES string of the molecule is COC(=O)Cn1nnnc1Sc1ccc(F)cc1C#N. The van der Waals surface area contributed by atoms with Crippen molar-refractivity contribution in [3.63, 3.8) is 0 Å². The van der Waals surface area contributed by atoms with E-state index >= 15 is 0 Å². The van der Waals surface area contributed by atoms with E-state index in [9.17, 15) is 9.18 Å². The minimum Gasteiger partial charge on any atom is -0.468 e. The molecule has 0 fully saturated rings. The zero-order valence-electron chi connectivity index (χ0n) is 10.3. The molecule has 102 valence electrons. The third-order valence-corrected chi connectivity index (χ3v) is 3.32. The molecule has 0 aliphatic heterocycles. The summed E-state index contributed by atoms with van der Waals surface area (Å²) in [6.07, 6.45) is 0. The number of nitrogens with zero attached hydrogens (tertiary/aromatic N) is 5. The Morgan fingerprint density at radius 3 is 3.10 bits per heavy atom. The summed E-state index contributed by atoms with van der Waals surface area (Å²) >= 11 is 1.06. The average molecular weight is 293 g/mol. The van der Waals surface area contributed by atoms with Crippen LogP contribution in [0.2, 0.25) is 0 Å². The minimum absolute atomic E-state index is 0.144. The first-order chi connectivity index (χ1) is 9.63. The van der Waals surface area contributed by atoms with Crippen molar-refractivity contribution in [1.82, 2.24) is 20.2 Å². The van der Waals surface area contributed by atoms with Gasteiger partial charge in [0.1, 0.15) is 18.4 Å². The summed E-state index contributed by atoms with van der Waals surface area (Å²) in [6, 6.07) is 5.70. The van der Waals surface area contributed by atoms with Crippen molar-refractivity contribution in [2.24, 2.45) is 0 Å². The molecule has 20 heavy (non-hydrogen) atoms. The molecule has 0 atom stereocenters. The molecule has 9 heteroatoms. The highest BCUT2D eigenvalue weighted by molar-refractivity contribution is 7.99. The Kier molecular flexibility index (Phi) is 4.27. The van der Waals surface area contributed by atoms with Gasteiger partial charge in [-0.15, -0.1) is 5.10 Å². The average Bonchev–Trinajstić information content (AvgIpc) is 2.87. The summed E-state index contributed by atoms with van der Waals surface area (Å²) in [5.41, 5.74) is 0.169. The maximum atomic E-state index is 13.0. The number of nitriles is 1. The van der Waals surface area contributed by atoms with Crippen molar-refractivity contribution in [3.05, 3.63) is 29.6 Å². The van der Waals surface area contributed by atoms with Gasteiger partial charge in [0.05, 0.1) is 12.7 Å². The third kappa shape index (κ3) is 3.10. The Balaban J connectivity index is 2.25. The van der Waals surface area contributed by atoms with Crippen LogP contribution >= 0.6 is 11.8 Å². The second-order valence-corrected chi connectivity index (χ2v) is 4.56. The molecule has 2 rings (SSSR count). The lowest BCUT2D eigenvalue weighted by Crippen LogP contribution is -2.13. The molecule has 0 N–H and O–H groups in total. The van der Waals surface area contributed by atoms with Gasteiger partial charge in [-0.1, -0.05) is 0 Å². The maximum Gasteiger partial charge on any atom is 0.327 e. The van der Waals surface area contributed by atoms with Gasteiger partial charge in [-0.3, -0.25) is 4.79 Å². The number of benzene rings is 1.